The Labute approximate surface area is 181 Å². The van der Waals surface area contributed by atoms with Gasteiger partial charge in [-0.05, 0) is 61.9 Å². The second kappa shape index (κ2) is 7.52. The summed E-state index contributed by atoms with van der Waals surface area (Å²) in [4.78, 5) is 41.5. The molecule has 0 amide bonds. The molecular weight excluding hydrogens is 402 g/mol. The second-order valence-corrected chi connectivity index (χ2v) is 10.2. The van der Waals surface area contributed by atoms with Crippen molar-refractivity contribution in [1.29, 1.82) is 0 Å². The van der Waals surface area contributed by atoms with E-state index in [0.29, 0.717) is 25.0 Å². The van der Waals surface area contributed by atoms with Crippen molar-refractivity contribution in [2.75, 3.05) is 13.2 Å². The highest BCUT2D eigenvalue weighted by molar-refractivity contribution is 5.97. The highest BCUT2D eigenvalue weighted by Crippen LogP contribution is 2.66. The van der Waals surface area contributed by atoms with E-state index in [9.17, 15) is 24.6 Å². The number of rotatable bonds is 5. The summed E-state index contributed by atoms with van der Waals surface area (Å²) in [6, 6.07) is 0. The molecule has 0 aromatic heterocycles. The molecule has 0 aromatic rings. The Morgan fingerprint density at radius 2 is 1.97 bits per heavy atom. The van der Waals surface area contributed by atoms with Gasteiger partial charge in [0.25, 0.3) is 0 Å². The second-order valence-electron chi connectivity index (χ2n) is 10.2. The average molecular weight is 434 g/mol. The number of hydrogen-bond acceptors (Lipinski definition) is 7. The van der Waals surface area contributed by atoms with Crippen LogP contribution >= 0.6 is 0 Å². The first-order valence-electron chi connectivity index (χ1n) is 11.1. The zero-order valence-corrected chi connectivity index (χ0v) is 18.1. The largest absolute Gasteiger partial charge is 0.479 e. The van der Waals surface area contributed by atoms with E-state index in [1.807, 2.05) is 13.0 Å². The van der Waals surface area contributed by atoms with E-state index in [1.54, 1.807) is 0 Å². The highest BCUT2D eigenvalue weighted by Gasteiger charge is 2.68. The molecule has 0 unspecified atom stereocenters. The van der Waals surface area contributed by atoms with Crippen LogP contribution in [-0.2, 0) is 19.2 Å². The number of aliphatic carboxylic acids is 1. The van der Waals surface area contributed by atoms with E-state index < -0.39 is 36.0 Å². The fourth-order valence-electron chi connectivity index (χ4n) is 7.23. The number of oxime groups is 1. The molecule has 4 rings (SSSR count). The van der Waals surface area contributed by atoms with Crippen LogP contribution in [0.2, 0.25) is 0 Å². The number of carbonyl (C=O) groups excluding carboxylic acids is 2. The van der Waals surface area contributed by atoms with Gasteiger partial charge in [-0.1, -0.05) is 24.6 Å². The van der Waals surface area contributed by atoms with Crippen molar-refractivity contribution in [3.8, 4) is 0 Å². The molecule has 8 heteroatoms. The van der Waals surface area contributed by atoms with Gasteiger partial charge in [0.2, 0.25) is 6.61 Å². The molecule has 4 aliphatic rings. The Morgan fingerprint density at radius 3 is 2.65 bits per heavy atom. The monoisotopic (exact) mass is 433 g/mol. The third-order valence-corrected chi connectivity index (χ3v) is 8.80. The lowest BCUT2D eigenvalue weighted by Crippen LogP contribution is -2.60. The molecule has 170 valence electrons. The topological polar surface area (TPSA) is 133 Å². The van der Waals surface area contributed by atoms with Crippen molar-refractivity contribution in [2.45, 2.75) is 64.4 Å². The number of aliphatic hydroxyl groups excluding tert-OH is 1. The first-order chi connectivity index (χ1) is 14.6. The molecule has 3 saturated carbocycles. The van der Waals surface area contributed by atoms with Gasteiger partial charge in [-0.15, -0.1) is 0 Å². The summed E-state index contributed by atoms with van der Waals surface area (Å²) in [5.41, 5.74) is -0.945. The molecule has 3 fully saturated rings. The van der Waals surface area contributed by atoms with Crippen LogP contribution in [0.4, 0.5) is 0 Å². The molecule has 4 aliphatic carbocycles. The number of aliphatic hydroxyl groups is 2. The van der Waals surface area contributed by atoms with Gasteiger partial charge in [0.05, 0.1) is 5.71 Å². The quantitative estimate of drug-likeness (QED) is 0.564. The van der Waals surface area contributed by atoms with Gasteiger partial charge < -0.3 is 20.2 Å². The zero-order chi connectivity index (χ0) is 22.6. The van der Waals surface area contributed by atoms with Crippen molar-refractivity contribution < 1.29 is 34.5 Å². The minimum atomic E-state index is -1.64. The molecule has 0 heterocycles. The first-order valence-corrected chi connectivity index (χ1v) is 11.1. The van der Waals surface area contributed by atoms with Gasteiger partial charge in [0.15, 0.2) is 5.78 Å². The van der Waals surface area contributed by atoms with Gasteiger partial charge in [0.1, 0.15) is 18.0 Å². The van der Waals surface area contributed by atoms with Crippen LogP contribution in [0.5, 0.6) is 0 Å². The van der Waals surface area contributed by atoms with E-state index in [-0.39, 0.29) is 35.4 Å². The molecule has 0 aliphatic heterocycles. The van der Waals surface area contributed by atoms with E-state index in [2.05, 4.69) is 12.1 Å². The van der Waals surface area contributed by atoms with Gasteiger partial charge in [0, 0.05) is 17.8 Å². The average Bonchev–Trinajstić information content (AvgIpc) is 2.98. The molecule has 0 saturated heterocycles. The van der Waals surface area contributed by atoms with E-state index in [4.69, 9.17) is 9.94 Å². The van der Waals surface area contributed by atoms with Crippen molar-refractivity contribution in [2.24, 2.45) is 33.7 Å². The van der Waals surface area contributed by atoms with Gasteiger partial charge in [-0.3, -0.25) is 9.59 Å². The number of carboxylic acids is 1. The van der Waals surface area contributed by atoms with Crippen LogP contribution in [0.15, 0.2) is 16.8 Å². The lowest BCUT2D eigenvalue weighted by molar-refractivity contribution is -0.170. The molecule has 0 radical (unpaired) electrons. The van der Waals surface area contributed by atoms with Crippen LogP contribution in [0.25, 0.3) is 0 Å². The van der Waals surface area contributed by atoms with Gasteiger partial charge in [-0.2, -0.15) is 0 Å². The van der Waals surface area contributed by atoms with Crippen LogP contribution in [0.1, 0.15) is 58.8 Å². The summed E-state index contributed by atoms with van der Waals surface area (Å²) in [7, 11) is 0. The Kier molecular flexibility index (Phi) is 5.37. The number of ketones is 2. The summed E-state index contributed by atoms with van der Waals surface area (Å²) in [6.07, 6.45) is 6.00. The van der Waals surface area contributed by atoms with Crippen molar-refractivity contribution in [3.05, 3.63) is 11.6 Å². The molecule has 31 heavy (non-hydrogen) atoms. The number of allylic oxidation sites excluding steroid dienone is 2. The predicted octanol–water partition coefficient (Wildman–Crippen LogP) is 1.88. The first kappa shape index (κ1) is 22.1. The lowest BCUT2D eigenvalue weighted by atomic mass is 9.46. The normalized spacial score (nSPS) is 43.0. The Balaban J connectivity index is 1.63. The molecule has 0 spiro atoms. The SMILES string of the molecule is C[C@]12CCC(=NOCC(=O)O)C=C1CC[C@@H]1[C@@H]2C(=O)C[C@@]2(C)[C@H]1CC[C@]2(O)C(=O)CO. The number of fused-ring (bicyclic) bond motifs is 5. The van der Waals surface area contributed by atoms with Crippen LogP contribution in [0, 0.1) is 28.6 Å². The molecule has 3 N–H and O–H groups in total. The van der Waals surface area contributed by atoms with Crippen molar-refractivity contribution >= 4 is 23.2 Å². The number of hydrogen-bond donors (Lipinski definition) is 3. The molecule has 0 aromatic carbocycles. The highest BCUT2D eigenvalue weighted by atomic mass is 16.6. The smallest absolute Gasteiger partial charge is 0.344 e. The minimum absolute atomic E-state index is 0.0584. The maximum atomic E-state index is 13.5. The number of carboxylic acid groups (broad SMARTS) is 1. The van der Waals surface area contributed by atoms with Crippen LogP contribution in [0.3, 0.4) is 0 Å². The molecule has 8 nitrogen and oxygen atoms in total. The number of carbonyl (C=O) groups is 3. The van der Waals surface area contributed by atoms with Gasteiger partial charge in [-0.25, -0.2) is 4.79 Å². The maximum Gasteiger partial charge on any atom is 0.344 e. The third-order valence-electron chi connectivity index (χ3n) is 8.80. The van der Waals surface area contributed by atoms with Crippen LogP contribution < -0.4 is 0 Å². The number of nitrogens with zero attached hydrogens (tertiary/aromatic N) is 1. The fraction of sp³-hybridized carbons (Fsp3) is 0.739. The summed E-state index contributed by atoms with van der Waals surface area (Å²) in [5.74, 6) is -1.58. The summed E-state index contributed by atoms with van der Waals surface area (Å²) >= 11 is 0. The summed E-state index contributed by atoms with van der Waals surface area (Å²) < 4.78 is 0. The summed E-state index contributed by atoms with van der Waals surface area (Å²) in [5, 5.41) is 33.3. The Morgan fingerprint density at radius 1 is 1.23 bits per heavy atom. The minimum Gasteiger partial charge on any atom is -0.479 e. The van der Waals surface area contributed by atoms with E-state index in [1.165, 1.54) is 0 Å². The lowest BCUT2D eigenvalue weighted by Gasteiger charge is -2.57. The van der Waals surface area contributed by atoms with E-state index in [0.717, 1.165) is 24.8 Å². The van der Waals surface area contributed by atoms with Crippen molar-refractivity contribution in [3.63, 3.8) is 0 Å². The third kappa shape index (κ3) is 3.18. The van der Waals surface area contributed by atoms with Crippen molar-refractivity contribution in [1.82, 2.24) is 0 Å². The molecule has 6 atom stereocenters. The Hall–Kier alpha value is -2.06. The Bertz CT molecular complexity index is 879. The zero-order valence-electron chi connectivity index (χ0n) is 18.1. The number of Topliss-reactive ketones (excluding diaryl/α,β-unsaturated/α-hetero) is 2. The molecular formula is C23H31NO7. The summed E-state index contributed by atoms with van der Waals surface area (Å²) in [6.45, 7) is 2.79. The molecule has 0 bridgehead atoms. The predicted molar refractivity (Wildman–Crippen MR) is 110 cm³/mol. The fourth-order valence-corrected chi connectivity index (χ4v) is 7.23. The van der Waals surface area contributed by atoms with Crippen LogP contribution in [-0.4, -0.2) is 57.4 Å². The van der Waals surface area contributed by atoms with Gasteiger partial charge >= 0.3 is 5.97 Å². The van der Waals surface area contributed by atoms with E-state index >= 15 is 0 Å². The maximum absolute atomic E-state index is 13.5. The standard InChI is InChI=1S/C23H31NO7/c1-21-7-5-14(24-31-12-19(28)29)9-13(21)3-4-15-16-6-8-23(30,18(27)11-25)22(16,2)10-17(26)20(15)21/h9,15-16,20,25,30H,3-8,10-12H2,1-2H3,(H,28,29)/t15-,16-,20+,21-,22-,23-/m0/s1.